The molecule has 0 rings (SSSR count). The van der Waals surface area contributed by atoms with Crippen molar-refractivity contribution in [1.82, 2.24) is 0 Å². The average molecular weight is 444 g/mol. The Balaban J connectivity index is 3.38. The first kappa shape index (κ1) is 21.4. The Hall–Kier alpha value is 1.39. The van der Waals surface area contributed by atoms with Crippen molar-refractivity contribution >= 4 is 44.0 Å². The Morgan fingerprint density at radius 2 is 1.00 bits per heavy atom. The zero-order chi connectivity index (χ0) is 15.5. The highest BCUT2D eigenvalue weighted by molar-refractivity contribution is 9.51. The van der Waals surface area contributed by atoms with Crippen molar-refractivity contribution in [2.24, 2.45) is 0 Å². The SMILES string of the molecule is CCCCC[Si](C)(C)CCCCCCCC[Si](C)(Br)Br. The third-order valence-electron chi connectivity index (χ3n) is 4.18. The molecule has 0 aromatic rings. The molecule has 0 aliphatic rings. The van der Waals surface area contributed by atoms with Gasteiger partial charge in [0.05, 0.1) is 0 Å². The summed E-state index contributed by atoms with van der Waals surface area (Å²) >= 11 is 7.56. The molecule has 0 radical (unpaired) electrons. The van der Waals surface area contributed by atoms with Crippen molar-refractivity contribution in [2.75, 3.05) is 0 Å². The van der Waals surface area contributed by atoms with Gasteiger partial charge in [-0.25, -0.2) is 0 Å². The second-order valence-corrected chi connectivity index (χ2v) is 29.0. The van der Waals surface area contributed by atoms with Crippen LogP contribution in [-0.4, -0.2) is 13.4 Å². The summed E-state index contributed by atoms with van der Waals surface area (Å²) in [5, 5.41) is -1.14. The highest BCUT2D eigenvalue weighted by Crippen LogP contribution is 2.27. The Kier molecular flexibility index (Phi) is 12.7. The minimum atomic E-state index is -1.14. The lowest BCUT2D eigenvalue weighted by atomic mass is 10.1. The lowest BCUT2D eigenvalue weighted by Gasteiger charge is -2.22. The number of unbranched alkanes of at least 4 members (excludes halogenated alkanes) is 7. The van der Waals surface area contributed by atoms with Crippen LogP contribution in [0.5, 0.6) is 0 Å². The second kappa shape index (κ2) is 11.9. The summed E-state index contributed by atoms with van der Waals surface area (Å²) in [6, 6.07) is 4.48. The molecule has 0 aliphatic heterocycles. The standard InChI is InChI=1S/C16H36Br2Si2/c1-5-6-11-14-19(2,3)15-12-9-7-8-10-13-16-20(4,17)18/h5-16H2,1-4H3. The summed E-state index contributed by atoms with van der Waals surface area (Å²) in [6.45, 7) is 9.84. The Labute approximate surface area is 146 Å². The first-order valence-electron chi connectivity index (χ1n) is 8.65. The van der Waals surface area contributed by atoms with E-state index in [4.69, 9.17) is 0 Å². The van der Waals surface area contributed by atoms with E-state index in [2.05, 4.69) is 57.1 Å². The molecule has 0 nitrogen and oxygen atoms in total. The second-order valence-electron chi connectivity index (χ2n) is 7.31. The van der Waals surface area contributed by atoms with Crippen LogP contribution in [0.3, 0.4) is 0 Å². The zero-order valence-corrected chi connectivity index (χ0v) is 19.4. The van der Waals surface area contributed by atoms with Gasteiger partial charge in [-0.3, -0.25) is 0 Å². The van der Waals surface area contributed by atoms with Crippen LogP contribution >= 0.6 is 30.6 Å². The molecule has 20 heavy (non-hydrogen) atoms. The van der Waals surface area contributed by atoms with Crippen LogP contribution in [0.15, 0.2) is 0 Å². The zero-order valence-electron chi connectivity index (χ0n) is 14.2. The molecule has 0 aliphatic carbocycles. The van der Waals surface area contributed by atoms with Gasteiger partial charge in [-0.2, -0.15) is 0 Å². The van der Waals surface area contributed by atoms with E-state index in [0.717, 1.165) is 0 Å². The number of hydrogen-bond acceptors (Lipinski definition) is 0. The van der Waals surface area contributed by atoms with Crippen molar-refractivity contribution in [1.29, 1.82) is 0 Å². The largest absolute Gasteiger partial charge is 0.198 e. The molecule has 0 unspecified atom stereocenters. The molecule has 0 saturated heterocycles. The summed E-state index contributed by atoms with van der Waals surface area (Å²) < 4.78 is 0. The molecule has 0 atom stereocenters. The van der Waals surface area contributed by atoms with Crippen molar-refractivity contribution in [2.45, 2.75) is 102 Å². The lowest BCUT2D eigenvalue weighted by molar-refractivity contribution is 0.620. The fourth-order valence-corrected chi connectivity index (χ4v) is 7.94. The quantitative estimate of drug-likeness (QED) is 0.153. The van der Waals surface area contributed by atoms with Crippen molar-refractivity contribution in [3.05, 3.63) is 0 Å². The molecule has 0 amide bonds. The Morgan fingerprint density at radius 1 is 0.600 bits per heavy atom. The van der Waals surface area contributed by atoms with Gasteiger partial charge in [0.2, 0.25) is 0 Å². The Bertz CT molecular complexity index is 225. The van der Waals surface area contributed by atoms with Crippen LogP contribution in [0.25, 0.3) is 0 Å². The fourth-order valence-electron chi connectivity index (χ4n) is 2.72. The molecule has 0 spiro atoms. The van der Waals surface area contributed by atoms with Crippen LogP contribution in [0.2, 0.25) is 37.8 Å². The van der Waals surface area contributed by atoms with E-state index in [1.807, 2.05) is 0 Å². The third kappa shape index (κ3) is 15.8. The highest BCUT2D eigenvalue weighted by atomic mass is 79.9. The first-order chi connectivity index (χ1) is 9.27. The molecule has 0 aromatic carbocycles. The molecule has 122 valence electrons. The molecule has 0 fully saturated rings. The smallest absolute Gasteiger partial charge is 0.111 e. The van der Waals surface area contributed by atoms with Crippen molar-refractivity contribution < 1.29 is 0 Å². The minimum Gasteiger partial charge on any atom is -0.111 e. The summed E-state index contributed by atoms with van der Waals surface area (Å²) in [7, 11) is -0.848. The van der Waals surface area contributed by atoms with Gasteiger partial charge in [0.15, 0.2) is 5.31 Å². The van der Waals surface area contributed by atoms with Crippen LogP contribution < -0.4 is 0 Å². The van der Waals surface area contributed by atoms with Gasteiger partial charge in [-0.05, 0) is 6.04 Å². The maximum absolute atomic E-state index is 3.78. The fraction of sp³-hybridized carbons (Fsp3) is 1.00. The average Bonchev–Trinajstić information content (AvgIpc) is 2.31. The normalized spacial score (nSPS) is 12.9. The molecule has 4 heteroatoms. The molecular weight excluding hydrogens is 408 g/mol. The lowest BCUT2D eigenvalue weighted by Crippen LogP contribution is -2.24. The third-order valence-corrected chi connectivity index (χ3v) is 11.2. The van der Waals surface area contributed by atoms with E-state index >= 15 is 0 Å². The van der Waals surface area contributed by atoms with Gasteiger partial charge in [0.1, 0.15) is 0 Å². The predicted octanol–water partition coefficient (Wildman–Crippen LogP) is 8.09. The van der Waals surface area contributed by atoms with Gasteiger partial charge < -0.3 is 0 Å². The van der Waals surface area contributed by atoms with E-state index in [1.165, 1.54) is 63.8 Å². The minimum absolute atomic E-state index is 0.848. The molecule has 0 N–H and O–H groups in total. The van der Waals surface area contributed by atoms with E-state index < -0.39 is 13.4 Å². The van der Waals surface area contributed by atoms with Gasteiger partial charge >= 0.3 is 0 Å². The maximum atomic E-state index is 3.78. The number of halogens is 2. The van der Waals surface area contributed by atoms with Crippen LogP contribution in [-0.2, 0) is 0 Å². The predicted molar refractivity (Wildman–Crippen MR) is 109 cm³/mol. The van der Waals surface area contributed by atoms with Gasteiger partial charge in [0, 0.05) is 8.07 Å². The Morgan fingerprint density at radius 3 is 1.45 bits per heavy atom. The summed E-state index contributed by atoms with van der Waals surface area (Å²) in [5.74, 6) is 0. The van der Waals surface area contributed by atoms with Crippen molar-refractivity contribution in [3.8, 4) is 0 Å². The topological polar surface area (TPSA) is 0 Å². The number of hydrogen-bond donors (Lipinski definition) is 0. The van der Waals surface area contributed by atoms with Crippen LogP contribution in [0.4, 0.5) is 0 Å². The molecule has 0 heterocycles. The van der Waals surface area contributed by atoms with Crippen molar-refractivity contribution in [3.63, 3.8) is 0 Å². The van der Waals surface area contributed by atoms with E-state index in [-0.39, 0.29) is 0 Å². The van der Waals surface area contributed by atoms with E-state index in [1.54, 1.807) is 12.1 Å². The summed E-state index contributed by atoms with van der Waals surface area (Å²) in [5.41, 5.74) is 0. The highest BCUT2D eigenvalue weighted by Gasteiger charge is 2.19. The first-order valence-corrected chi connectivity index (χ1v) is 19.3. The molecule has 0 bridgehead atoms. The monoisotopic (exact) mass is 442 g/mol. The summed E-state index contributed by atoms with van der Waals surface area (Å²) in [4.78, 5) is 0. The maximum Gasteiger partial charge on any atom is 0.198 e. The van der Waals surface area contributed by atoms with Gasteiger partial charge in [-0.1, -0.05) is 96.4 Å². The molecular formula is C16H36Br2Si2. The van der Waals surface area contributed by atoms with E-state index in [9.17, 15) is 0 Å². The van der Waals surface area contributed by atoms with Crippen LogP contribution in [0, 0.1) is 0 Å². The number of rotatable bonds is 13. The van der Waals surface area contributed by atoms with Gasteiger partial charge in [-0.15, -0.1) is 30.6 Å². The molecule has 0 saturated carbocycles. The van der Waals surface area contributed by atoms with Crippen LogP contribution in [0.1, 0.15) is 64.7 Å². The van der Waals surface area contributed by atoms with E-state index in [0.29, 0.717) is 0 Å². The van der Waals surface area contributed by atoms with Gasteiger partial charge in [0.25, 0.3) is 0 Å². The summed E-state index contributed by atoms with van der Waals surface area (Å²) in [6.07, 6.45) is 13.0. The molecule has 0 aromatic heterocycles.